The number of aryl methyl sites for hydroxylation is 1. The Balaban J connectivity index is 1.68. The lowest BCUT2D eigenvalue weighted by Gasteiger charge is -2.20. The van der Waals surface area contributed by atoms with Gasteiger partial charge in [-0.15, -0.1) is 0 Å². The number of hydrogen-bond donors (Lipinski definition) is 1. The Morgan fingerprint density at radius 1 is 1.37 bits per heavy atom. The Kier molecular flexibility index (Phi) is 3.71. The molecule has 1 aromatic carbocycles. The molecule has 3 rings (SSSR count). The van der Waals surface area contributed by atoms with Crippen LogP contribution in [0.15, 0.2) is 18.2 Å². The summed E-state index contributed by atoms with van der Waals surface area (Å²) < 4.78 is 1.27. The van der Waals surface area contributed by atoms with Crippen molar-refractivity contribution < 1.29 is 0 Å². The first kappa shape index (κ1) is 12.9. The Hall–Kier alpha value is -1.13. The third-order valence-corrected chi connectivity index (χ3v) is 4.67. The summed E-state index contributed by atoms with van der Waals surface area (Å²) in [5.41, 5.74) is 2.40. The van der Waals surface area contributed by atoms with Crippen LogP contribution in [-0.2, 0) is 0 Å². The number of aromatic nitrogens is 1. The van der Waals surface area contributed by atoms with E-state index >= 15 is 0 Å². The lowest BCUT2D eigenvalue weighted by Crippen LogP contribution is -2.32. The summed E-state index contributed by atoms with van der Waals surface area (Å²) in [6, 6.07) is 6.84. The number of para-hydroxylation sites is 1. The molecule has 0 spiro atoms. The predicted molar refractivity (Wildman–Crippen MR) is 83.1 cm³/mol. The van der Waals surface area contributed by atoms with Crippen LogP contribution in [0.1, 0.15) is 25.3 Å². The molecule has 1 unspecified atom stereocenters. The van der Waals surface area contributed by atoms with Crippen LogP contribution >= 0.6 is 11.3 Å². The molecule has 2 heterocycles. The highest BCUT2D eigenvalue weighted by atomic mass is 32.1. The van der Waals surface area contributed by atoms with E-state index in [0.29, 0.717) is 6.04 Å². The van der Waals surface area contributed by atoms with Gasteiger partial charge in [-0.25, -0.2) is 4.98 Å². The highest BCUT2D eigenvalue weighted by molar-refractivity contribution is 7.22. The number of thiazole rings is 1. The van der Waals surface area contributed by atoms with Gasteiger partial charge in [-0.1, -0.05) is 23.5 Å². The summed E-state index contributed by atoms with van der Waals surface area (Å²) in [6.45, 7) is 8.00. The van der Waals surface area contributed by atoms with Crippen LogP contribution in [-0.4, -0.2) is 35.6 Å². The average Bonchev–Trinajstić information content (AvgIpc) is 2.98. The molecule has 0 amide bonds. The van der Waals surface area contributed by atoms with E-state index in [9.17, 15) is 0 Å². The molecule has 0 bridgehead atoms. The molecule has 1 aromatic heterocycles. The second-order valence-electron chi connectivity index (χ2n) is 5.49. The molecule has 0 saturated carbocycles. The first-order valence-corrected chi connectivity index (χ1v) is 7.89. The molecular weight excluding hydrogens is 254 g/mol. The number of likely N-dealkylation sites (tertiary alicyclic amines) is 1. The molecule has 2 aromatic rings. The molecule has 19 heavy (non-hydrogen) atoms. The standard InChI is InChI=1S/C15H21N3S/c1-11-6-5-7-13-14(11)17-15(19-13)16-12(2)10-18-8-3-4-9-18/h5-7,12H,3-4,8-10H2,1-2H3,(H,16,17). The Labute approximate surface area is 118 Å². The van der Waals surface area contributed by atoms with E-state index in [1.165, 1.54) is 36.2 Å². The van der Waals surface area contributed by atoms with E-state index in [2.05, 4.69) is 42.3 Å². The minimum Gasteiger partial charge on any atom is -0.358 e. The summed E-state index contributed by atoms with van der Waals surface area (Å²) in [5.74, 6) is 0. The van der Waals surface area contributed by atoms with Crippen LogP contribution in [0.25, 0.3) is 10.2 Å². The molecule has 102 valence electrons. The summed E-state index contributed by atoms with van der Waals surface area (Å²) in [7, 11) is 0. The van der Waals surface area contributed by atoms with Gasteiger partial charge in [0.1, 0.15) is 0 Å². The van der Waals surface area contributed by atoms with Crippen LogP contribution < -0.4 is 5.32 Å². The fourth-order valence-corrected chi connectivity index (χ4v) is 3.81. The van der Waals surface area contributed by atoms with Crippen LogP contribution in [0.4, 0.5) is 5.13 Å². The van der Waals surface area contributed by atoms with Gasteiger partial charge in [-0.2, -0.15) is 0 Å². The van der Waals surface area contributed by atoms with E-state index in [0.717, 1.165) is 17.2 Å². The maximum absolute atomic E-state index is 4.72. The molecule has 3 nitrogen and oxygen atoms in total. The van der Waals surface area contributed by atoms with Gasteiger partial charge in [0.05, 0.1) is 10.2 Å². The van der Waals surface area contributed by atoms with E-state index in [-0.39, 0.29) is 0 Å². The van der Waals surface area contributed by atoms with Gasteiger partial charge < -0.3 is 10.2 Å². The molecule has 1 N–H and O–H groups in total. The van der Waals surface area contributed by atoms with Crippen molar-refractivity contribution in [3.63, 3.8) is 0 Å². The van der Waals surface area contributed by atoms with Gasteiger partial charge >= 0.3 is 0 Å². The van der Waals surface area contributed by atoms with Crippen molar-refractivity contribution in [3.8, 4) is 0 Å². The van der Waals surface area contributed by atoms with Crippen molar-refractivity contribution >= 4 is 26.7 Å². The number of hydrogen-bond acceptors (Lipinski definition) is 4. The first-order valence-electron chi connectivity index (χ1n) is 7.07. The first-order chi connectivity index (χ1) is 9.22. The zero-order chi connectivity index (χ0) is 13.2. The summed E-state index contributed by atoms with van der Waals surface area (Å²) in [6.07, 6.45) is 2.71. The normalized spacial score (nSPS) is 18.0. The van der Waals surface area contributed by atoms with E-state index in [1.807, 2.05) is 0 Å². The van der Waals surface area contributed by atoms with Crippen LogP contribution in [0.5, 0.6) is 0 Å². The third kappa shape index (κ3) is 2.90. The third-order valence-electron chi connectivity index (χ3n) is 3.72. The van der Waals surface area contributed by atoms with Crippen molar-refractivity contribution in [2.45, 2.75) is 32.7 Å². The van der Waals surface area contributed by atoms with Crippen LogP contribution in [0.3, 0.4) is 0 Å². The van der Waals surface area contributed by atoms with E-state index in [4.69, 9.17) is 4.98 Å². The van der Waals surface area contributed by atoms with Gasteiger partial charge in [0.15, 0.2) is 5.13 Å². The molecular formula is C15H21N3S. The van der Waals surface area contributed by atoms with Crippen LogP contribution in [0, 0.1) is 6.92 Å². The van der Waals surface area contributed by atoms with Crippen molar-refractivity contribution in [1.29, 1.82) is 0 Å². The maximum atomic E-state index is 4.72. The van der Waals surface area contributed by atoms with Gasteiger partial charge in [0, 0.05) is 12.6 Å². The highest BCUT2D eigenvalue weighted by Crippen LogP contribution is 2.28. The fourth-order valence-electron chi connectivity index (χ4n) is 2.76. The molecule has 4 heteroatoms. The lowest BCUT2D eigenvalue weighted by atomic mass is 10.2. The molecule has 1 aliphatic rings. The van der Waals surface area contributed by atoms with E-state index < -0.39 is 0 Å². The number of nitrogens with zero attached hydrogens (tertiary/aromatic N) is 2. The van der Waals surface area contributed by atoms with Gasteiger partial charge in [0.25, 0.3) is 0 Å². The molecule has 1 aliphatic heterocycles. The minimum atomic E-state index is 0.457. The second-order valence-corrected chi connectivity index (χ2v) is 6.52. The number of benzene rings is 1. The maximum Gasteiger partial charge on any atom is 0.184 e. The number of anilines is 1. The van der Waals surface area contributed by atoms with Crippen molar-refractivity contribution in [2.75, 3.05) is 25.0 Å². The highest BCUT2D eigenvalue weighted by Gasteiger charge is 2.15. The predicted octanol–water partition coefficient (Wildman–Crippen LogP) is 3.50. The van der Waals surface area contributed by atoms with E-state index in [1.54, 1.807) is 11.3 Å². The average molecular weight is 275 g/mol. The number of rotatable bonds is 4. The molecule has 0 aliphatic carbocycles. The minimum absolute atomic E-state index is 0.457. The molecule has 0 radical (unpaired) electrons. The second kappa shape index (κ2) is 5.47. The molecule has 1 saturated heterocycles. The SMILES string of the molecule is Cc1cccc2sc(NC(C)CN3CCCC3)nc12. The van der Waals surface area contributed by atoms with Gasteiger partial charge in [-0.05, 0) is 51.4 Å². The topological polar surface area (TPSA) is 28.2 Å². The van der Waals surface area contributed by atoms with Crippen molar-refractivity contribution in [3.05, 3.63) is 23.8 Å². The summed E-state index contributed by atoms with van der Waals surface area (Å²) in [4.78, 5) is 7.25. The van der Waals surface area contributed by atoms with Gasteiger partial charge in [-0.3, -0.25) is 0 Å². The van der Waals surface area contributed by atoms with Gasteiger partial charge in [0.2, 0.25) is 0 Å². The zero-order valence-electron chi connectivity index (χ0n) is 11.6. The van der Waals surface area contributed by atoms with Crippen LogP contribution in [0.2, 0.25) is 0 Å². The smallest absolute Gasteiger partial charge is 0.184 e. The Morgan fingerprint density at radius 2 is 2.16 bits per heavy atom. The molecule has 1 fully saturated rings. The lowest BCUT2D eigenvalue weighted by molar-refractivity contribution is 0.328. The monoisotopic (exact) mass is 275 g/mol. The summed E-state index contributed by atoms with van der Waals surface area (Å²) in [5, 5.41) is 4.60. The summed E-state index contributed by atoms with van der Waals surface area (Å²) >= 11 is 1.76. The number of nitrogens with one attached hydrogen (secondary N) is 1. The fraction of sp³-hybridized carbons (Fsp3) is 0.533. The Bertz CT molecular complexity index is 558. The van der Waals surface area contributed by atoms with Crippen molar-refractivity contribution in [2.24, 2.45) is 0 Å². The number of fused-ring (bicyclic) bond motifs is 1. The largest absolute Gasteiger partial charge is 0.358 e. The Morgan fingerprint density at radius 3 is 2.89 bits per heavy atom. The quantitative estimate of drug-likeness (QED) is 0.925. The zero-order valence-corrected chi connectivity index (χ0v) is 12.5. The molecule has 1 atom stereocenters. The van der Waals surface area contributed by atoms with Crippen molar-refractivity contribution in [1.82, 2.24) is 9.88 Å².